The van der Waals surface area contributed by atoms with Gasteiger partial charge in [-0.15, -0.1) is 4.73 Å². The highest BCUT2D eigenvalue weighted by molar-refractivity contribution is 7.94. The highest BCUT2D eigenvalue weighted by atomic mass is 32.2. The molecule has 2 heterocycles. The Balaban J connectivity index is 1.93. The fraction of sp³-hybridized carbons (Fsp3) is 0.263. The summed E-state index contributed by atoms with van der Waals surface area (Å²) < 4.78 is 28.6. The highest BCUT2D eigenvalue weighted by Gasteiger charge is 2.28. The molecule has 1 aliphatic rings. The zero-order valence-electron chi connectivity index (χ0n) is 15.2. The second-order valence-electron chi connectivity index (χ2n) is 6.47. The van der Waals surface area contributed by atoms with Gasteiger partial charge >= 0.3 is 11.8 Å². The van der Waals surface area contributed by atoms with Gasteiger partial charge in [0.2, 0.25) is 0 Å². The number of aryl methyl sites for hydroxylation is 2. The Morgan fingerprint density at radius 1 is 1.22 bits per heavy atom. The van der Waals surface area contributed by atoms with Gasteiger partial charge < -0.3 is 15.3 Å². The van der Waals surface area contributed by atoms with E-state index in [4.69, 9.17) is 4.74 Å². The minimum Gasteiger partial charge on any atom is -0.615 e. The second kappa shape index (κ2) is 7.03. The molecule has 0 bridgehead atoms. The molecule has 0 radical (unpaired) electrons. The molecule has 7 nitrogen and oxygen atoms in total. The van der Waals surface area contributed by atoms with Gasteiger partial charge in [0.1, 0.15) is 0 Å². The van der Waals surface area contributed by atoms with E-state index in [1.807, 2.05) is 32.0 Å². The second-order valence-corrected chi connectivity index (χ2v) is 8.40. The summed E-state index contributed by atoms with van der Waals surface area (Å²) >= 11 is 0. The van der Waals surface area contributed by atoms with Crippen molar-refractivity contribution in [3.8, 4) is 17.0 Å². The average molecular weight is 388 g/mol. The SMILES string of the molecule is COc1c(-c2ccc(C)c(C)c2)ccc(C(=O)NC2C=CS(=O)(=O)C2)[n+]1[O-]. The van der Waals surface area contributed by atoms with Crippen LogP contribution in [0.5, 0.6) is 5.88 Å². The largest absolute Gasteiger partial charge is 0.615 e. The predicted molar refractivity (Wildman–Crippen MR) is 101 cm³/mol. The first-order valence-electron chi connectivity index (χ1n) is 8.32. The number of benzene rings is 1. The number of nitrogens with one attached hydrogen (secondary N) is 1. The van der Waals surface area contributed by atoms with Crippen LogP contribution in [-0.2, 0) is 9.84 Å². The van der Waals surface area contributed by atoms with Crippen LogP contribution >= 0.6 is 0 Å². The number of nitrogens with zero attached hydrogens (tertiary/aromatic N) is 1. The van der Waals surface area contributed by atoms with Crippen LogP contribution in [0.25, 0.3) is 11.1 Å². The molecule has 1 aromatic heterocycles. The number of pyridine rings is 1. The van der Waals surface area contributed by atoms with Gasteiger partial charge in [0.25, 0.3) is 5.69 Å². The lowest BCUT2D eigenvalue weighted by molar-refractivity contribution is -0.613. The number of aromatic nitrogens is 1. The van der Waals surface area contributed by atoms with Gasteiger partial charge in [0.15, 0.2) is 9.84 Å². The van der Waals surface area contributed by atoms with Crippen molar-refractivity contribution in [2.75, 3.05) is 12.9 Å². The molecule has 2 aromatic rings. The number of carbonyl (C=O) groups is 1. The van der Waals surface area contributed by atoms with Gasteiger partial charge in [0.05, 0.1) is 24.5 Å². The first kappa shape index (κ1) is 18.9. The number of hydrogen-bond donors (Lipinski definition) is 1. The van der Waals surface area contributed by atoms with Gasteiger partial charge in [0, 0.05) is 11.5 Å². The first-order chi connectivity index (χ1) is 12.7. The van der Waals surface area contributed by atoms with Crippen LogP contribution in [0.1, 0.15) is 21.6 Å². The third-order valence-corrected chi connectivity index (χ3v) is 5.93. The van der Waals surface area contributed by atoms with Crippen LogP contribution in [0.15, 0.2) is 41.8 Å². The van der Waals surface area contributed by atoms with E-state index >= 15 is 0 Å². The van der Waals surface area contributed by atoms with Crippen molar-refractivity contribution < 1.29 is 22.7 Å². The summed E-state index contributed by atoms with van der Waals surface area (Å²) in [6.45, 7) is 3.97. The molecule has 142 valence electrons. The molecule has 0 saturated heterocycles. The van der Waals surface area contributed by atoms with Gasteiger partial charge in [-0.05, 0) is 42.7 Å². The molecule has 0 fully saturated rings. The van der Waals surface area contributed by atoms with Crippen molar-refractivity contribution in [3.05, 3.63) is 63.8 Å². The standard InChI is InChI=1S/C19H20N2O5S/c1-12-4-5-14(10-13(12)2)16-6-7-17(21(23)19(16)26-3)18(22)20-15-8-9-27(24,25)11-15/h4-10,15H,11H2,1-3H3,(H,20,22). The van der Waals surface area contributed by atoms with Crippen LogP contribution < -0.4 is 14.8 Å². The third kappa shape index (κ3) is 3.80. The van der Waals surface area contributed by atoms with Crippen molar-refractivity contribution in [2.24, 2.45) is 0 Å². The fourth-order valence-corrected chi connectivity index (χ4v) is 4.15. The van der Waals surface area contributed by atoms with Crippen molar-refractivity contribution in [1.82, 2.24) is 5.32 Å². The van der Waals surface area contributed by atoms with Crippen LogP contribution in [0.3, 0.4) is 0 Å². The van der Waals surface area contributed by atoms with E-state index in [9.17, 15) is 18.4 Å². The Labute approximate surface area is 157 Å². The summed E-state index contributed by atoms with van der Waals surface area (Å²) in [4.78, 5) is 12.4. The number of rotatable bonds is 4. The number of ether oxygens (including phenoxy) is 1. The normalized spacial score (nSPS) is 17.7. The molecule has 1 aliphatic heterocycles. The average Bonchev–Trinajstić information content (AvgIpc) is 2.95. The van der Waals surface area contributed by atoms with E-state index in [2.05, 4.69) is 5.32 Å². The predicted octanol–water partition coefficient (Wildman–Crippen LogP) is 1.65. The summed E-state index contributed by atoms with van der Waals surface area (Å²) in [5.74, 6) is -0.877. The summed E-state index contributed by atoms with van der Waals surface area (Å²) in [5, 5.41) is 16.3. The van der Waals surface area contributed by atoms with Crippen molar-refractivity contribution in [3.63, 3.8) is 0 Å². The number of sulfone groups is 1. The quantitative estimate of drug-likeness (QED) is 0.634. The molecular weight excluding hydrogens is 368 g/mol. The lowest BCUT2D eigenvalue weighted by Crippen LogP contribution is -2.44. The Morgan fingerprint density at radius 3 is 2.56 bits per heavy atom. The van der Waals surface area contributed by atoms with Crippen LogP contribution in [0.4, 0.5) is 0 Å². The van der Waals surface area contributed by atoms with Crippen LogP contribution in [0.2, 0.25) is 0 Å². The molecule has 0 spiro atoms. The van der Waals surface area contributed by atoms with Crippen LogP contribution in [-0.4, -0.2) is 33.2 Å². The monoisotopic (exact) mass is 388 g/mol. The summed E-state index contributed by atoms with van der Waals surface area (Å²) in [6.07, 6.45) is 1.39. The molecular formula is C19H20N2O5S. The van der Waals surface area contributed by atoms with Crippen LogP contribution in [0, 0.1) is 19.1 Å². The molecule has 0 aliphatic carbocycles. The number of methoxy groups -OCH3 is 1. The number of amides is 1. The first-order valence-corrected chi connectivity index (χ1v) is 10.0. The molecule has 0 saturated carbocycles. The summed E-state index contributed by atoms with van der Waals surface area (Å²) in [5.41, 5.74) is 3.40. The van der Waals surface area contributed by atoms with Gasteiger partial charge in [-0.3, -0.25) is 4.79 Å². The van der Waals surface area contributed by atoms with E-state index in [0.29, 0.717) is 10.3 Å². The molecule has 1 amide bonds. The smallest absolute Gasteiger partial charge is 0.387 e. The highest BCUT2D eigenvalue weighted by Crippen LogP contribution is 2.28. The fourth-order valence-electron chi connectivity index (χ4n) is 2.92. The van der Waals surface area contributed by atoms with Gasteiger partial charge in [-0.1, -0.05) is 18.2 Å². The van der Waals surface area contributed by atoms with E-state index in [-0.39, 0.29) is 17.3 Å². The van der Waals surface area contributed by atoms with E-state index < -0.39 is 21.8 Å². The summed E-state index contributed by atoms with van der Waals surface area (Å²) in [6, 6.07) is 8.17. The maximum atomic E-state index is 12.7. The molecule has 8 heteroatoms. The maximum absolute atomic E-state index is 12.7. The van der Waals surface area contributed by atoms with E-state index in [1.54, 1.807) is 6.07 Å². The molecule has 3 rings (SSSR count). The summed E-state index contributed by atoms with van der Waals surface area (Å²) in [7, 11) is -1.94. The van der Waals surface area contributed by atoms with Gasteiger partial charge in [-0.25, -0.2) is 8.42 Å². The topological polar surface area (TPSA) is 99.4 Å². The molecule has 1 atom stereocenters. The van der Waals surface area contributed by atoms with Crippen molar-refractivity contribution >= 4 is 15.7 Å². The zero-order chi connectivity index (χ0) is 19.8. The minimum atomic E-state index is -3.30. The minimum absolute atomic E-state index is 0.000452. The Bertz CT molecular complexity index is 1040. The molecule has 1 N–H and O–H groups in total. The Hall–Kier alpha value is -2.87. The molecule has 27 heavy (non-hydrogen) atoms. The van der Waals surface area contributed by atoms with E-state index in [0.717, 1.165) is 22.1 Å². The number of hydrogen-bond acceptors (Lipinski definition) is 5. The van der Waals surface area contributed by atoms with Crippen molar-refractivity contribution in [2.45, 2.75) is 19.9 Å². The van der Waals surface area contributed by atoms with Gasteiger partial charge in [-0.2, -0.15) is 0 Å². The lowest BCUT2D eigenvalue weighted by Gasteiger charge is -2.14. The Morgan fingerprint density at radius 2 is 1.96 bits per heavy atom. The third-order valence-electron chi connectivity index (χ3n) is 4.53. The number of carbonyl (C=O) groups excluding carboxylic acids is 1. The molecule has 1 aromatic carbocycles. The van der Waals surface area contributed by atoms with Crippen molar-refractivity contribution in [1.29, 1.82) is 0 Å². The maximum Gasteiger partial charge on any atom is 0.387 e. The molecule has 1 unspecified atom stereocenters. The Kier molecular flexibility index (Phi) is 4.93. The van der Waals surface area contributed by atoms with E-state index in [1.165, 1.54) is 19.3 Å². The lowest BCUT2D eigenvalue weighted by atomic mass is 10.0. The zero-order valence-corrected chi connectivity index (χ0v) is 16.0.